The number of benzene rings is 1. The van der Waals surface area contributed by atoms with Crippen LogP contribution in [0.2, 0.25) is 5.02 Å². The van der Waals surface area contributed by atoms with Gasteiger partial charge in [0.05, 0.1) is 15.5 Å². The molecule has 0 aliphatic carbocycles. The molecule has 0 aliphatic heterocycles. The van der Waals surface area contributed by atoms with Gasteiger partial charge in [-0.05, 0) is 54.0 Å². The summed E-state index contributed by atoms with van der Waals surface area (Å²) in [7, 11) is 0. The number of nitrogens with one attached hydrogen (secondary N) is 1. The van der Waals surface area contributed by atoms with E-state index in [9.17, 15) is 4.79 Å². The lowest BCUT2D eigenvalue weighted by Crippen LogP contribution is -2.29. The van der Waals surface area contributed by atoms with E-state index in [4.69, 9.17) is 28.6 Å². The summed E-state index contributed by atoms with van der Waals surface area (Å²) >= 11 is 13.3. The van der Waals surface area contributed by atoms with Gasteiger partial charge in [0.1, 0.15) is 11.1 Å². The Hall–Kier alpha value is -1.43. The molecule has 0 spiro atoms. The van der Waals surface area contributed by atoms with Gasteiger partial charge in [0.15, 0.2) is 0 Å². The SMILES string of the molecule is Cc1ccsc1C(=S)Nc1ccc(Cl)c(C(=O)OC(C(C)C)C(C)C)c1. The van der Waals surface area contributed by atoms with Crippen molar-refractivity contribution < 1.29 is 9.53 Å². The third-order valence-electron chi connectivity index (χ3n) is 4.07. The quantitative estimate of drug-likeness (QED) is 0.446. The molecule has 0 atom stereocenters. The van der Waals surface area contributed by atoms with Crippen molar-refractivity contribution in [1.82, 2.24) is 0 Å². The van der Waals surface area contributed by atoms with E-state index in [2.05, 4.69) is 5.32 Å². The zero-order valence-electron chi connectivity index (χ0n) is 15.6. The minimum atomic E-state index is -0.413. The summed E-state index contributed by atoms with van der Waals surface area (Å²) in [5, 5.41) is 5.55. The van der Waals surface area contributed by atoms with E-state index in [0.717, 1.165) is 10.4 Å². The number of ether oxygens (including phenoxy) is 1. The Bertz CT molecular complexity index is 791. The monoisotopic (exact) mass is 409 g/mol. The number of carbonyl (C=O) groups is 1. The van der Waals surface area contributed by atoms with Crippen LogP contribution in [0.5, 0.6) is 0 Å². The topological polar surface area (TPSA) is 38.3 Å². The van der Waals surface area contributed by atoms with E-state index < -0.39 is 5.97 Å². The molecule has 0 radical (unpaired) electrons. The van der Waals surface area contributed by atoms with Crippen molar-refractivity contribution in [2.75, 3.05) is 5.32 Å². The van der Waals surface area contributed by atoms with Gasteiger partial charge in [0.25, 0.3) is 0 Å². The van der Waals surface area contributed by atoms with E-state index in [1.54, 1.807) is 29.5 Å². The molecule has 1 aromatic carbocycles. The van der Waals surface area contributed by atoms with Gasteiger partial charge < -0.3 is 10.1 Å². The highest BCUT2D eigenvalue weighted by Gasteiger charge is 2.24. The first-order valence-electron chi connectivity index (χ1n) is 8.56. The van der Waals surface area contributed by atoms with Gasteiger partial charge in [-0.2, -0.15) is 0 Å². The van der Waals surface area contributed by atoms with Crippen molar-refractivity contribution >= 4 is 51.8 Å². The Balaban J connectivity index is 2.20. The fourth-order valence-electron chi connectivity index (χ4n) is 2.78. The molecular weight excluding hydrogens is 386 g/mol. The van der Waals surface area contributed by atoms with Gasteiger partial charge >= 0.3 is 5.97 Å². The average molecular weight is 410 g/mol. The van der Waals surface area contributed by atoms with Crippen LogP contribution in [0.4, 0.5) is 5.69 Å². The summed E-state index contributed by atoms with van der Waals surface area (Å²) in [6, 6.07) is 7.20. The molecule has 0 amide bonds. The number of aryl methyl sites for hydroxylation is 1. The number of carbonyl (C=O) groups excluding carboxylic acids is 1. The maximum absolute atomic E-state index is 12.6. The number of thiocarbonyl (C=S) groups is 1. The number of rotatable bonds is 6. The van der Waals surface area contributed by atoms with Crippen LogP contribution in [-0.2, 0) is 4.74 Å². The van der Waals surface area contributed by atoms with E-state index in [-0.39, 0.29) is 17.9 Å². The summed E-state index contributed by atoms with van der Waals surface area (Å²) in [5.74, 6) is 0.0473. The van der Waals surface area contributed by atoms with Crippen molar-refractivity contribution in [3.8, 4) is 0 Å². The summed E-state index contributed by atoms with van der Waals surface area (Å²) in [6.07, 6.45) is -0.162. The Morgan fingerprint density at radius 3 is 2.38 bits per heavy atom. The van der Waals surface area contributed by atoms with Gasteiger partial charge in [-0.1, -0.05) is 51.5 Å². The largest absolute Gasteiger partial charge is 0.458 e. The van der Waals surface area contributed by atoms with Crippen molar-refractivity contribution in [2.45, 2.75) is 40.7 Å². The van der Waals surface area contributed by atoms with Crippen LogP contribution >= 0.6 is 35.2 Å². The fourth-order valence-corrected chi connectivity index (χ4v) is 4.22. The first-order chi connectivity index (χ1) is 12.2. The third-order valence-corrected chi connectivity index (χ3v) is 5.87. The lowest BCUT2D eigenvalue weighted by atomic mass is 9.96. The minimum absolute atomic E-state index is 0.162. The predicted octanol–water partition coefficient (Wildman–Crippen LogP) is 6.33. The first kappa shape index (κ1) is 20.9. The van der Waals surface area contributed by atoms with E-state index in [0.29, 0.717) is 21.3 Å². The van der Waals surface area contributed by atoms with Crippen molar-refractivity contribution in [3.63, 3.8) is 0 Å². The molecule has 2 rings (SSSR count). The lowest BCUT2D eigenvalue weighted by Gasteiger charge is -2.25. The van der Waals surface area contributed by atoms with Crippen LogP contribution in [0.25, 0.3) is 0 Å². The van der Waals surface area contributed by atoms with Crippen LogP contribution in [0.15, 0.2) is 29.6 Å². The molecule has 1 N–H and O–H groups in total. The average Bonchev–Trinajstić information content (AvgIpc) is 2.99. The Morgan fingerprint density at radius 2 is 1.85 bits per heavy atom. The second kappa shape index (κ2) is 8.98. The summed E-state index contributed by atoms with van der Waals surface area (Å²) in [4.78, 5) is 14.3. The predicted molar refractivity (Wildman–Crippen MR) is 115 cm³/mol. The summed E-state index contributed by atoms with van der Waals surface area (Å²) < 4.78 is 5.71. The highest BCUT2D eigenvalue weighted by Crippen LogP contribution is 2.26. The first-order valence-corrected chi connectivity index (χ1v) is 10.2. The molecule has 0 unspecified atom stereocenters. The van der Waals surface area contributed by atoms with Crippen LogP contribution in [0.1, 0.15) is 48.5 Å². The molecule has 0 aliphatic rings. The van der Waals surface area contributed by atoms with Gasteiger partial charge in [-0.15, -0.1) is 11.3 Å². The number of halogens is 1. The maximum Gasteiger partial charge on any atom is 0.340 e. The van der Waals surface area contributed by atoms with Gasteiger partial charge in [0, 0.05) is 5.69 Å². The molecule has 1 aromatic heterocycles. The van der Waals surface area contributed by atoms with E-state index >= 15 is 0 Å². The lowest BCUT2D eigenvalue weighted by molar-refractivity contribution is 0.00326. The van der Waals surface area contributed by atoms with Crippen LogP contribution in [0.3, 0.4) is 0 Å². The number of esters is 1. The molecular formula is C20H24ClNO2S2. The van der Waals surface area contributed by atoms with E-state index in [1.807, 2.05) is 46.1 Å². The summed E-state index contributed by atoms with van der Waals surface area (Å²) in [6.45, 7) is 10.2. The van der Waals surface area contributed by atoms with E-state index in [1.165, 1.54) is 0 Å². The fraction of sp³-hybridized carbons (Fsp3) is 0.400. The normalized spacial score (nSPS) is 11.3. The molecule has 0 fully saturated rings. The van der Waals surface area contributed by atoms with Crippen molar-refractivity contribution in [2.24, 2.45) is 11.8 Å². The van der Waals surface area contributed by atoms with Crippen LogP contribution in [-0.4, -0.2) is 17.1 Å². The molecule has 2 aromatic rings. The molecule has 0 saturated carbocycles. The number of hydrogen-bond donors (Lipinski definition) is 1. The van der Waals surface area contributed by atoms with Crippen molar-refractivity contribution in [3.05, 3.63) is 50.7 Å². The smallest absolute Gasteiger partial charge is 0.340 e. The van der Waals surface area contributed by atoms with Crippen LogP contribution < -0.4 is 5.32 Å². The van der Waals surface area contributed by atoms with Crippen molar-refractivity contribution in [1.29, 1.82) is 0 Å². The number of anilines is 1. The van der Waals surface area contributed by atoms with Crippen LogP contribution in [0, 0.1) is 18.8 Å². The second-order valence-electron chi connectivity index (χ2n) is 6.94. The minimum Gasteiger partial charge on any atom is -0.458 e. The Morgan fingerprint density at radius 1 is 1.19 bits per heavy atom. The molecule has 140 valence electrons. The van der Waals surface area contributed by atoms with Gasteiger partial charge in [0.2, 0.25) is 0 Å². The molecule has 3 nitrogen and oxygen atoms in total. The molecule has 6 heteroatoms. The number of hydrogen-bond acceptors (Lipinski definition) is 4. The molecule has 0 bridgehead atoms. The molecule has 26 heavy (non-hydrogen) atoms. The highest BCUT2D eigenvalue weighted by atomic mass is 35.5. The number of thiophene rings is 1. The highest BCUT2D eigenvalue weighted by molar-refractivity contribution is 7.81. The Labute approximate surface area is 169 Å². The zero-order chi connectivity index (χ0) is 19.4. The third kappa shape index (κ3) is 5.06. The molecule has 1 heterocycles. The standard InChI is InChI=1S/C20H24ClNO2S2/c1-11(2)17(12(3)4)24-20(23)15-10-14(6-7-16(15)21)22-19(25)18-13(5)8-9-26-18/h6-12,17H,1-5H3,(H,22,25). The second-order valence-corrected chi connectivity index (χ2v) is 8.67. The zero-order valence-corrected chi connectivity index (χ0v) is 18.0. The maximum atomic E-state index is 12.6. The molecule has 0 saturated heterocycles. The summed E-state index contributed by atoms with van der Waals surface area (Å²) in [5.41, 5.74) is 2.18. The van der Waals surface area contributed by atoms with Gasteiger partial charge in [-0.3, -0.25) is 0 Å². The Kier molecular flexibility index (Phi) is 7.21. The van der Waals surface area contributed by atoms with Gasteiger partial charge in [-0.25, -0.2) is 4.79 Å².